The van der Waals surface area contributed by atoms with Crippen LogP contribution < -0.4 is 4.90 Å². The molecule has 29 heavy (non-hydrogen) atoms. The molecule has 0 fully saturated rings. The predicted octanol–water partition coefficient (Wildman–Crippen LogP) is 3.84. The van der Waals surface area contributed by atoms with Crippen LogP contribution in [0.1, 0.15) is 22.5 Å². The van der Waals surface area contributed by atoms with Gasteiger partial charge in [-0.05, 0) is 32.0 Å². The zero-order valence-electron chi connectivity index (χ0n) is 16.4. The topological polar surface area (TPSA) is 62.9 Å². The molecule has 0 N–H and O–H groups in total. The Bertz CT molecular complexity index is 1140. The molecule has 4 rings (SSSR count). The van der Waals surface area contributed by atoms with E-state index in [0.717, 1.165) is 33.9 Å². The van der Waals surface area contributed by atoms with Gasteiger partial charge in [-0.25, -0.2) is 4.68 Å². The van der Waals surface area contributed by atoms with Gasteiger partial charge < -0.3 is 4.90 Å². The van der Waals surface area contributed by atoms with Crippen LogP contribution in [0, 0.1) is 13.8 Å². The number of para-hydroxylation sites is 2. The Hall–Kier alpha value is -3.80. The van der Waals surface area contributed by atoms with Crippen LogP contribution in [-0.4, -0.2) is 34.2 Å². The van der Waals surface area contributed by atoms with Crippen molar-refractivity contribution in [3.63, 3.8) is 0 Å². The molecular weight excluding hydrogens is 362 g/mol. The molecule has 0 aliphatic carbocycles. The Morgan fingerprint density at radius 1 is 1.07 bits per heavy atom. The van der Waals surface area contributed by atoms with Gasteiger partial charge in [0.05, 0.1) is 29.0 Å². The largest absolute Gasteiger partial charge is 0.302 e. The first-order valence-electron chi connectivity index (χ1n) is 9.36. The molecule has 0 bridgehead atoms. The minimum atomic E-state index is -0.170. The summed E-state index contributed by atoms with van der Waals surface area (Å²) in [6, 6.07) is 17.5. The maximum absolute atomic E-state index is 12.8. The third-order valence-corrected chi connectivity index (χ3v) is 4.90. The number of amides is 1. The van der Waals surface area contributed by atoms with Gasteiger partial charge in [-0.2, -0.15) is 10.2 Å². The molecule has 0 unspecified atom stereocenters. The van der Waals surface area contributed by atoms with Gasteiger partial charge in [-0.1, -0.05) is 42.5 Å². The number of carbonyl (C=O) groups is 1. The van der Waals surface area contributed by atoms with Gasteiger partial charge in [-0.15, -0.1) is 11.7 Å². The highest BCUT2D eigenvalue weighted by Crippen LogP contribution is 2.29. The van der Waals surface area contributed by atoms with Crippen molar-refractivity contribution in [3.8, 4) is 5.69 Å². The summed E-state index contributed by atoms with van der Waals surface area (Å²) in [5, 5.41) is 13.1. The van der Waals surface area contributed by atoms with Crippen molar-refractivity contribution >= 4 is 23.5 Å². The van der Waals surface area contributed by atoms with E-state index in [1.54, 1.807) is 17.2 Å². The lowest BCUT2D eigenvalue weighted by atomic mass is 10.1. The molecule has 0 radical (unpaired) electrons. The first-order valence-corrected chi connectivity index (χ1v) is 9.36. The van der Waals surface area contributed by atoms with E-state index in [1.807, 2.05) is 73.1 Å². The number of fused-ring (bicyclic) bond motifs is 1. The third-order valence-electron chi connectivity index (χ3n) is 4.90. The third kappa shape index (κ3) is 3.29. The van der Waals surface area contributed by atoms with E-state index in [0.29, 0.717) is 12.3 Å². The second-order valence-electron chi connectivity index (χ2n) is 6.75. The maximum Gasteiger partial charge on any atom is 0.279 e. The number of aromatic nitrogens is 2. The summed E-state index contributed by atoms with van der Waals surface area (Å²) in [5.41, 5.74) is 5.63. The number of rotatable bonds is 5. The Morgan fingerprint density at radius 2 is 1.79 bits per heavy atom. The minimum absolute atomic E-state index is 0.170. The number of hydrogen-bond donors (Lipinski definition) is 0. The zero-order chi connectivity index (χ0) is 20.4. The van der Waals surface area contributed by atoms with Crippen LogP contribution >= 0.6 is 0 Å². The number of benzene rings is 2. The van der Waals surface area contributed by atoms with E-state index in [2.05, 4.69) is 21.9 Å². The van der Waals surface area contributed by atoms with Crippen molar-refractivity contribution in [1.82, 2.24) is 9.78 Å². The number of carbonyl (C=O) groups excluding carboxylic acids is 1. The lowest BCUT2D eigenvalue weighted by molar-refractivity contribution is -0.112. The van der Waals surface area contributed by atoms with E-state index in [9.17, 15) is 4.79 Å². The number of hydrogen-bond acceptors (Lipinski definition) is 4. The second-order valence-corrected chi connectivity index (χ2v) is 6.75. The van der Waals surface area contributed by atoms with Crippen molar-refractivity contribution in [2.24, 2.45) is 10.2 Å². The quantitative estimate of drug-likeness (QED) is 0.382. The van der Waals surface area contributed by atoms with E-state index in [-0.39, 0.29) is 5.91 Å². The highest BCUT2D eigenvalue weighted by Gasteiger charge is 2.33. The number of nitrogens with zero attached hydrogens (tertiary/aromatic N) is 5. The van der Waals surface area contributed by atoms with Gasteiger partial charge in [0.2, 0.25) is 0 Å². The molecule has 1 aliphatic rings. The average molecular weight is 383 g/mol. The lowest BCUT2D eigenvalue weighted by Crippen LogP contribution is -2.30. The fraction of sp³-hybridized carbons (Fsp3) is 0.130. The number of aryl methyl sites for hydroxylation is 1. The summed E-state index contributed by atoms with van der Waals surface area (Å²) in [4.78, 5) is 14.4. The molecule has 2 aromatic carbocycles. The van der Waals surface area contributed by atoms with Crippen LogP contribution in [0.25, 0.3) is 5.69 Å². The average Bonchev–Trinajstić information content (AvgIpc) is 3.18. The Balaban J connectivity index is 1.67. The molecule has 1 amide bonds. The predicted molar refractivity (Wildman–Crippen MR) is 116 cm³/mol. The van der Waals surface area contributed by atoms with Crippen molar-refractivity contribution in [2.45, 2.75) is 13.8 Å². The van der Waals surface area contributed by atoms with Gasteiger partial charge in [0.15, 0.2) is 5.71 Å². The monoisotopic (exact) mass is 383 g/mol. The van der Waals surface area contributed by atoms with Crippen LogP contribution in [0.4, 0.5) is 5.69 Å². The highest BCUT2D eigenvalue weighted by molar-refractivity contribution is 6.54. The standard InChI is InChI=1S/C23H21N5O/c1-4-14-27-21-13-9-8-12-19(21)22(23(27)29)25-24-15-20-16(2)26-28(17(20)3)18-10-6-5-7-11-18/h4-13,15H,1,14H2,2-3H3/b24-15+,25-22-. The summed E-state index contributed by atoms with van der Waals surface area (Å²) in [5.74, 6) is -0.170. The highest BCUT2D eigenvalue weighted by atomic mass is 16.2. The Labute approximate surface area is 169 Å². The molecule has 6 heteroatoms. The smallest absolute Gasteiger partial charge is 0.279 e. The van der Waals surface area contributed by atoms with Crippen molar-refractivity contribution in [3.05, 3.63) is 89.8 Å². The summed E-state index contributed by atoms with van der Waals surface area (Å²) in [7, 11) is 0. The van der Waals surface area contributed by atoms with E-state index >= 15 is 0 Å². The minimum Gasteiger partial charge on any atom is -0.302 e. The Morgan fingerprint density at radius 3 is 2.55 bits per heavy atom. The van der Waals surface area contributed by atoms with Crippen molar-refractivity contribution in [2.75, 3.05) is 11.4 Å². The van der Waals surface area contributed by atoms with E-state index in [1.165, 1.54) is 0 Å². The molecule has 1 aromatic heterocycles. The molecule has 0 spiro atoms. The molecule has 144 valence electrons. The van der Waals surface area contributed by atoms with Gasteiger partial charge >= 0.3 is 0 Å². The van der Waals surface area contributed by atoms with Crippen LogP contribution in [0.15, 0.2) is 77.5 Å². The number of anilines is 1. The van der Waals surface area contributed by atoms with Crippen LogP contribution in [0.2, 0.25) is 0 Å². The molecule has 1 aliphatic heterocycles. The van der Waals surface area contributed by atoms with Gasteiger partial charge in [0.25, 0.3) is 5.91 Å². The summed E-state index contributed by atoms with van der Waals surface area (Å²) >= 11 is 0. The molecule has 2 heterocycles. The molecule has 3 aromatic rings. The first-order chi connectivity index (χ1) is 14.1. The molecular formula is C23H21N5O. The SMILES string of the molecule is C=CCN1C(=O)/C(=N\N=C\c2c(C)nn(-c3ccccc3)c2C)c2ccccc21. The molecule has 6 nitrogen and oxygen atoms in total. The lowest BCUT2D eigenvalue weighted by Gasteiger charge is -2.13. The molecule has 0 saturated carbocycles. The first kappa shape index (κ1) is 18.6. The van der Waals surface area contributed by atoms with Gasteiger partial charge in [0, 0.05) is 17.7 Å². The van der Waals surface area contributed by atoms with Crippen molar-refractivity contribution < 1.29 is 4.79 Å². The molecule has 0 atom stereocenters. The van der Waals surface area contributed by atoms with Gasteiger partial charge in [0.1, 0.15) is 0 Å². The second kappa shape index (κ2) is 7.67. The Kier molecular flexibility index (Phi) is 4.91. The fourth-order valence-electron chi connectivity index (χ4n) is 3.48. The van der Waals surface area contributed by atoms with Crippen molar-refractivity contribution in [1.29, 1.82) is 0 Å². The van der Waals surface area contributed by atoms with Gasteiger partial charge in [-0.3, -0.25) is 4.79 Å². The van der Waals surface area contributed by atoms with E-state index < -0.39 is 0 Å². The summed E-state index contributed by atoms with van der Waals surface area (Å²) in [6.45, 7) is 8.09. The summed E-state index contributed by atoms with van der Waals surface area (Å²) in [6.07, 6.45) is 3.36. The fourth-order valence-corrected chi connectivity index (χ4v) is 3.48. The zero-order valence-corrected chi connectivity index (χ0v) is 16.4. The van der Waals surface area contributed by atoms with Crippen LogP contribution in [0.3, 0.4) is 0 Å². The maximum atomic E-state index is 12.8. The van der Waals surface area contributed by atoms with Crippen LogP contribution in [-0.2, 0) is 4.79 Å². The van der Waals surface area contributed by atoms with E-state index in [4.69, 9.17) is 0 Å². The summed E-state index contributed by atoms with van der Waals surface area (Å²) < 4.78 is 1.88. The normalized spacial score (nSPS) is 14.8. The molecule has 0 saturated heterocycles. The van der Waals surface area contributed by atoms with Crippen LogP contribution in [0.5, 0.6) is 0 Å².